The number of para-hydroxylation sites is 1. The molecular weight excluding hydrogens is 392 g/mol. The lowest BCUT2D eigenvalue weighted by atomic mass is 10.1. The number of amides is 2. The molecule has 0 saturated carbocycles. The van der Waals surface area contributed by atoms with E-state index in [4.69, 9.17) is 4.74 Å². The Bertz CT molecular complexity index is 1120. The molecule has 0 fully saturated rings. The highest BCUT2D eigenvalue weighted by Crippen LogP contribution is 2.18. The van der Waals surface area contributed by atoms with E-state index in [1.165, 1.54) is 14.0 Å². The van der Waals surface area contributed by atoms with Crippen molar-refractivity contribution in [3.05, 3.63) is 101 Å². The van der Waals surface area contributed by atoms with Crippen molar-refractivity contribution in [3.63, 3.8) is 0 Å². The monoisotopic (exact) mass is 414 g/mol. The van der Waals surface area contributed by atoms with Crippen molar-refractivity contribution in [1.82, 2.24) is 5.32 Å². The number of carbonyl (C=O) groups is 3. The SMILES string of the molecule is COc1ccccc1C(=O)N/C(=C/c1ccccc1)C(=O)Nc1ccc(C(C)=O)cc1. The molecule has 3 aromatic carbocycles. The molecule has 6 nitrogen and oxygen atoms in total. The van der Waals surface area contributed by atoms with Crippen LogP contribution in [-0.2, 0) is 4.79 Å². The molecule has 0 atom stereocenters. The number of ketones is 1. The third-order valence-corrected chi connectivity index (χ3v) is 4.50. The topological polar surface area (TPSA) is 84.5 Å². The second-order valence-corrected chi connectivity index (χ2v) is 6.71. The zero-order chi connectivity index (χ0) is 22.2. The Morgan fingerprint density at radius 1 is 0.839 bits per heavy atom. The minimum Gasteiger partial charge on any atom is -0.496 e. The number of nitrogens with one attached hydrogen (secondary N) is 2. The summed E-state index contributed by atoms with van der Waals surface area (Å²) in [5, 5.41) is 5.43. The van der Waals surface area contributed by atoms with Crippen molar-refractivity contribution in [2.75, 3.05) is 12.4 Å². The average Bonchev–Trinajstić information content (AvgIpc) is 2.79. The van der Waals surface area contributed by atoms with Gasteiger partial charge in [-0.3, -0.25) is 14.4 Å². The van der Waals surface area contributed by atoms with Gasteiger partial charge in [-0.2, -0.15) is 0 Å². The number of anilines is 1. The fourth-order valence-corrected chi connectivity index (χ4v) is 2.88. The molecule has 3 aromatic rings. The summed E-state index contributed by atoms with van der Waals surface area (Å²) in [5.74, 6) is -0.629. The predicted octanol–water partition coefficient (Wildman–Crippen LogP) is 4.31. The summed E-state index contributed by atoms with van der Waals surface area (Å²) in [6, 6.07) is 22.5. The number of benzene rings is 3. The highest BCUT2D eigenvalue weighted by Gasteiger charge is 2.17. The highest BCUT2D eigenvalue weighted by atomic mass is 16.5. The van der Waals surface area contributed by atoms with Crippen molar-refractivity contribution < 1.29 is 19.1 Å². The van der Waals surface area contributed by atoms with Crippen LogP contribution in [0.1, 0.15) is 33.2 Å². The summed E-state index contributed by atoms with van der Waals surface area (Å²) < 4.78 is 5.24. The molecule has 6 heteroatoms. The molecule has 31 heavy (non-hydrogen) atoms. The van der Waals surface area contributed by atoms with Crippen molar-refractivity contribution in [2.45, 2.75) is 6.92 Å². The van der Waals surface area contributed by atoms with Crippen molar-refractivity contribution >= 4 is 29.4 Å². The average molecular weight is 414 g/mol. The van der Waals surface area contributed by atoms with Crippen LogP contribution in [-0.4, -0.2) is 24.7 Å². The summed E-state index contributed by atoms with van der Waals surface area (Å²) in [7, 11) is 1.48. The van der Waals surface area contributed by atoms with Crippen LogP contribution in [0.5, 0.6) is 5.75 Å². The van der Waals surface area contributed by atoms with Gasteiger partial charge in [0.05, 0.1) is 12.7 Å². The molecule has 0 spiro atoms. The molecule has 0 radical (unpaired) electrons. The number of carbonyl (C=O) groups excluding carboxylic acids is 3. The standard InChI is InChI=1S/C25H22N2O4/c1-17(28)19-12-14-20(15-13-19)26-25(30)22(16-18-8-4-3-5-9-18)27-24(29)21-10-6-7-11-23(21)31-2/h3-16H,1-2H3,(H,26,30)(H,27,29)/b22-16+. The van der Waals surface area contributed by atoms with Gasteiger partial charge in [0.2, 0.25) is 0 Å². The van der Waals surface area contributed by atoms with Crippen LogP contribution in [0.4, 0.5) is 5.69 Å². The number of hydrogen-bond acceptors (Lipinski definition) is 4. The van der Waals surface area contributed by atoms with Crippen LogP contribution in [0.2, 0.25) is 0 Å². The first-order valence-corrected chi connectivity index (χ1v) is 9.61. The van der Waals surface area contributed by atoms with Gasteiger partial charge in [0, 0.05) is 11.3 Å². The Hall–Kier alpha value is -4.19. The van der Waals surface area contributed by atoms with Crippen molar-refractivity contribution in [3.8, 4) is 5.75 Å². The maximum absolute atomic E-state index is 13.0. The van der Waals surface area contributed by atoms with E-state index in [-0.39, 0.29) is 11.5 Å². The van der Waals surface area contributed by atoms with E-state index in [0.29, 0.717) is 22.6 Å². The van der Waals surface area contributed by atoms with Gasteiger partial charge < -0.3 is 15.4 Å². The van der Waals surface area contributed by atoms with E-state index in [0.717, 1.165) is 5.56 Å². The predicted molar refractivity (Wildman–Crippen MR) is 120 cm³/mol. The zero-order valence-corrected chi connectivity index (χ0v) is 17.2. The van der Waals surface area contributed by atoms with Gasteiger partial charge in [0.25, 0.3) is 11.8 Å². The maximum atomic E-state index is 13.0. The number of rotatable bonds is 7. The van der Waals surface area contributed by atoms with Crippen molar-refractivity contribution in [1.29, 1.82) is 0 Å². The normalized spacial score (nSPS) is 10.8. The molecular formula is C25H22N2O4. The first-order valence-electron chi connectivity index (χ1n) is 9.61. The zero-order valence-electron chi connectivity index (χ0n) is 17.2. The first kappa shape index (κ1) is 21.5. The molecule has 3 rings (SSSR count). The summed E-state index contributed by atoms with van der Waals surface area (Å²) in [5.41, 5.74) is 2.17. The number of ether oxygens (including phenoxy) is 1. The Kier molecular flexibility index (Phi) is 6.96. The molecule has 156 valence electrons. The van der Waals surface area contributed by atoms with Gasteiger partial charge in [-0.15, -0.1) is 0 Å². The van der Waals surface area contributed by atoms with E-state index >= 15 is 0 Å². The lowest BCUT2D eigenvalue weighted by molar-refractivity contribution is -0.113. The lowest BCUT2D eigenvalue weighted by Crippen LogP contribution is -2.31. The molecule has 0 aliphatic heterocycles. The van der Waals surface area contributed by atoms with Crippen LogP contribution in [0, 0.1) is 0 Å². The number of Topliss-reactive ketones (excluding diaryl/α,β-unsaturated/α-hetero) is 1. The molecule has 2 N–H and O–H groups in total. The molecule has 0 unspecified atom stereocenters. The minimum atomic E-state index is -0.498. The third kappa shape index (κ3) is 5.67. The number of methoxy groups -OCH3 is 1. The molecule has 0 heterocycles. The van der Waals surface area contributed by atoms with Crippen LogP contribution < -0.4 is 15.4 Å². The lowest BCUT2D eigenvalue weighted by Gasteiger charge is -2.13. The van der Waals surface area contributed by atoms with E-state index in [9.17, 15) is 14.4 Å². The molecule has 0 aliphatic rings. The molecule has 2 amide bonds. The van der Waals surface area contributed by atoms with Crippen LogP contribution in [0.3, 0.4) is 0 Å². The Labute approximate surface area is 180 Å². The van der Waals surface area contributed by atoms with Crippen molar-refractivity contribution in [2.24, 2.45) is 0 Å². The van der Waals surface area contributed by atoms with Crippen LogP contribution >= 0.6 is 0 Å². The molecule has 0 bridgehead atoms. The Morgan fingerprint density at radius 2 is 1.48 bits per heavy atom. The molecule has 0 aliphatic carbocycles. The largest absolute Gasteiger partial charge is 0.496 e. The van der Waals surface area contributed by atoms with E-state index < -0.39 is 11.8 Å². The third-order valence-electron chi connectivity index (χ3n) is 4.50. The fraction of sp³-hybridized carbons (Fsp3) is 0.0800. The van der Waals surface area contributed by atoms with Gasteiger partial charge in [-0.1, -0.05) is 42.5 Å². The van der Waals surface area contributed by atoms with Gasteiger partial charge in [0.1, 0.15) is 11.4 Å². The smallest absolute Gasteiger partial charge is 0.272 e. The van der Waals surface area contributed by atoms with Gasteiger partial charge in [0.15, 0.2) is 5.78 Å². The van der Waals surface area contributed by atoms with Crippen LogP contribution in [0.25, 0.3) is 6.08 Å². The summed E-state index contributed by atoms with van der Waals surface area (Å²) >= 11 is 0. The first-order chi connectivity index (χ1) is 15.0. The maximum Gasteiger partial charge on any atom is 0.272 e. The van der Waals surface area contributed by atoms with Crippen LogP contribution in [0.15, 0.2) is 84.6 Å². The van der Waals surface area contributed by atoms with Gasteiger partial charge >= 0.3 is 0 Å². The second-order valence-electron chi connectivity index (χ2n) is 6.71. The summed E-state index contributed by atoms with van der Waals surface area (Å²) in [4.78, 5) is 37.3. The quantitative estimate of drug-likeness (QED) is 0.446. The Balaban J connectivity index is 1.87. The van der Waals surface area contributed by atoms with Gasteiger partial charge in [-0.05, 0) is 55.0 Å². The number of hydrogen-bond donors (Lipinski definition) is 2. The summed E-state index contributed by atoms with van der Waals surface area (Å²) in [6.07, 6.45) is 1.59. The molecule has 0 saturated heterocycles. The van der Waals surface area contributed by atoms with E-state index in [1.807, 2.05) is 30.3 Å². The summed E-state index contributed by atoms with van der Waals surface area (Å²) in [6.45, 7) is 1.47. The fourth-order valence-electron chi connectivity index (χ4n) is 2.88. The Morgan fingerprint density at radius 3 is 2.13 bits per heavy atom. The second kappa shape index (κ2) is 10.0. The van der Waals surface area contributed by atoms with Gasteiger partial charge in [-0.25, -0.2) is 0 Å². The van der Waals surface area contributed by atoms with E-state index in [2.05, 4.69) is 10.6 Å². The highest BCUT2D eigenvalue weighted by molar-refractivity contribution is 6.11. The minimum absolute atomic E-state index is 0.0633. The molecule has 0 aromatic heterocycles. The van der Waals surface area contributed by atoms with E-state index in [1.54, 1.807) is 54.6 Å².